The SMILES string of the molecule is c1ccc(COC[C@@]23CCCO[C@H]2CCN(c2ncccn2)C3)nc1. The summed E-state index contributed by atoms with van der Waals surface area (Å²) < 4.78 is 12.2. The quantitative estimate of drug-likeness (QED) is 0.833. The molecule has 0 N–H and O–H groups in total. The zero-order valence-corrected chi connectivity index (χ0v) is 14.4. The molecule has 0 unspecified atom stereocenters. The van der Waals surface area contributed by atoms with Crippen LogP contribution in [0, 0.1) is 5.41 Å². The highest BCUT2D eigenvalue weighted by atomic mass is 16.5. The van der Waals surface area contributed by atoms with Crippen molar-refractivity contribution in [3.63, 3.8) is 0 Å². The maximum atomic E-state index is 6.11. The molecule has 2 fully saturated rings. The lowest BCUT2D eigenvalue weighted by molar-refractivity contribution is -0.128. The number of hydrogen-bond donors (Lipinski definition) is 0. The third-order valence-electron chi connectivity index (χ3n) is 5.19. The number of aromatic nitrogens is 3. The third kappa shape index (κ3) is 3.65. The Morgan fingerprint density at radius 1 is 1.16 bits per heavy atom. The minimum absolute atomic E-state index is 0.00445. The molecule has 2 saturated heterocycles. The summed E-state index contributed by atoms with van der Waals surface area (Å²) in [6, 6.07) is 7.76. The molecule has 132 valence electrons. The van der Waals surface area contributed by atoms with Gasteiger partial charge in [0.15, 0.2) is 0 Å². The van der Waals surface area contributed by atoms with Gasteiger partial charge in [-0.1, -0.05) is 6.07 Å². The maximum Gasteiger partial charge on any atom is 0.225 e. The van der Waals surface area contributed by atoms with Crippen molar-refractivity contribution in [2.24, 2.45) is 5.41 Å². The largest absolute Gasteiger partial charge is 0.377 e. The topological polar surface area (TPSA) is 60.4 Å². The van der Waals surface area contributed by atoms with Crippen molar-refractivity contribution in [1.29, 1.82) is 0 Å². The molecule has 0 bridgehead atoms. The summed E-state index contributed by atoms with van der Waals surface area (Å²) in [5, 5.41) is 0. The predicted molar refractivity (Wildman–Crippen MR) is 94.2 cm³/mol. The van der Waals surface area contributed by atoms with Crippen molar-refractivity contribution in [2.75, 3.05) is 31.2 Å². The zero-order chi connectivity index (χ0) is 17.0. The first-order valence-electron chi connectivity index (χ1n) is 8.97. The molecule has 6 nitrogen and oxygen atoms in total. The minimum Gasteiger partial charge on any atom is -0.377 e. The minimum atomic E-state index is 0.00445. The second-order valence-corrected chi connectivity index (χ2v) is 6.90. The van der Waals surface area contributed by atoms with Crippen LogP contribution in [0.4, 0.5) is 5.95 Å². The number of fused-ring (bicyclic) bond motifs is 1. The number of anilines is 1. The van der Waals surface area contributed by atoms with Crippen molar-refractivity contribution < 1.29 is 9.47 Å². The Hall–Kier alpha value is -2.05. The number of hydrogen-bond acceptors (Lipinski definition) is 6. The number of pyridine rings is 1. The van der Waals surface area contributed by atoms with E-state index in [1.807, 2.05) is 24.3 Å². The van der Waals surface area contributed by atoms with E-state index in [-0.39, 0.29) is 11.5 Å². The van der Waals surface area contributed by atoms with Crippen LogP contribution < -0.4 is 4.90 Å². The summed E-state index contributed by atoms with van der Waals surface area (Å²) in [6.45, 7) is 3.88. The average molecular weight is 340 g/mol. The molecule has 0 saturated carbocycles. The van der Waals surface area contributed by atoms with Gasteiger partial charge >= 0.3 is 0 Å². The first-order valence-corrected chi connectivity index (χ1v) is 8.97. The Bertz CT molecular complexity index is 670. The summed E-state index contributed by atoms with van der Waals surface area (Å²) in [5.74, 6) is 0.802. The average Bonchev–Trinajstić information content (AvgIpc) is 2.69. The molecule has 0 aromatic carbocycles. The van der Waals surface area contributed by atoms with Gasteiger partial charge in [0.25, 0.3) is 0 Å². The fraction of sp³-hybridized carbons (Fsp3) is 0.526. The molecule has 4 rings (SSSR count). The molecule has 2 aromatic heterocycles. The van der Waals surface area contributed by atoms with Crippen LogP contribution in [0.5, 0.6) is 0 Å². The fourth-order valence-electron chi connectivity index (χ4n) is 3.97. The van der Waals surface area contributed by atoms with Gasteiger partial charge in [-0.15, -0.1) is 0 Å². The molecule has 2 atom stereocenters. The molecule has 0 amide bonds. The summed E-state index contributed by atoms with van der Waals surface area (Å²) >= 11 is 0. The van der Waals surface area contributed by atoms with Crippen LogP contribution >= 0.6 is 0 Å². The number of piperidine rings is 1. The van der Waals surface area contributed by atoms with Crippen molar-refractivity contribution >= 4 is 5.95 Å². The molecular weight excluding hydrogens is 316 g/mol. The van der Waals surface area contributed by atoms with Crippen molar-refractivity contribution in [3.8, 4) is 0 Å². The Morgan fingerprint density at radius 3 is 2.88 bits per heavy atom. The van der Waals surface area contributed by atoms with Crippen LogP contribution in [-0.2, 0) is 16.1 Å². The van der Waals surface area contributed by atoms with Gasteiger partial charge < -0.3 is 14.4 Å². The highest BCUT2D eigenvalue weighted by Crippen LogP contribution is 2.41. The summed E-state index contributed by atoms with van der Waals surface area (Å²) in [7, 11) is 0. The second-order valence-electron chi connectivity index (χ2n) is 6.90. The Labute approximate surface area is 148 Å². The van der Waals surface area contributed by atoms with E-state index in [0.717, 1.165) is 50.6 Å². The zero-order valence-electron chi connectivity index (χ0n) is 14.4. The predicted octanol–water partition coefficient (Wildman–Crippen LogP) is 2.46. The molecule has 25 heavy (non-hydrogen) atoms. The van der Waals surface area contributed by atoms with Crippen molar-refractivity contribution in [1.82, 2.24) is 15.0 Å². The van der Waals surface area contributed by atoms with Gasteiger partial charge in [-0.2, -0.15) is 0 Å². The van der Waals surface area contributed by atoms with Crippen LogP contribution in [0.15, 0.2) is 42.9 Å². The number of rotatable bonds is 5. The number of nitrogens with zero attached hydrogens (tertiary/aromatic N) is 4. The highest BCUT2D eigenvalue weighted by Gasteiger charge is 2.46. The van der Waals surface area contributed by atoms with E-state index >= 15 is 0 Å². The summed E-state index contributed by atoms with van der Waals surface area (Å²) in [6.07, 6.45) is 8.84. The van der Waals surface area contributed by atoms with E-state index in [0.29, 0.717) is 13.2 Å². The first-order chi connectivity index (χ1) is 12.4. The van der Waals surface area contributed by atoms with Crippen LogP contribution in [0.25, 0.3) is 0 Å². The number of ether oxygens (including phenoxy) is 2. The van der Waals surface area contributed by atoms with Gasteiger partial charge in [-0.25, -0.2) is 9.97 Å². The highest BCUT2D eigenvalue weighted by molar-refractivity contribution is 5.31. The lowest BCUT2D eigenvalue weighted by Crippen LogP contribution is -2.57. The smallest absolute Gasteiger partial charge is 0.225 e. The van der Waals surface area contributed by atoms with Gasteiger partial charge in [0, 0.05) is 43.7 Å². The van der Waals surface area contributed by atoms with E-state index in [2.05, 4.69) is 19.9 Å². The Morgan fingerprint density at radius 2 is 2.04 bits per heavy atom. The summed E-state index contributed by atoms with van der Waals surface area (Å²) in [5.41, 5.74) is 0.969. The van der Waals surface area contributed by atoms with Crippen molar-refractivity contribution in [2.45, 2.75) is 32.0 Å². The Kier molecular flexibility index (Phi) is 4.90. The van der Waals surface area contributed by atoms with E-state index in [1.54, 1.807) is 18.6 Å². The normalized spacial score (nSPS) is 26.2. The molecule has 0 radical (unpaired) electrons. The van der Waals surface area contributed by atoms with Crippen LogP contribution in [0.3, 0.4) is 0 Å². The standard InChI is InChI=1S/C19H24N4O2/c1-2-8-20-16(5-1)13-24-15-19-7-3-12-25-17(19)6-11-23(14-19)18-21-9-4-10-22-18/h1-2,4-5,8-10,17H,3,6-7,11-15H2/t17-,19-/m0/s1. The molecule has 2 aliphatic heterocycles. The van der Waals surface area contributed by atoms with Crippen LogP contribution in [0.2, 0.25) is 0 Å². The summed E-state index contributed by atoms with van der Waals surface area (Å²) in [4.78, 5) is 15.5. The monoisotopic (exact) mass is 340 g/mol. The van der Waals surface area contributed by atoms with Crippen LogP contribution in [-0.4, -0.2) is 47.4 Å². The maximum absolute atomic E-state index is 6.11. The van der Waals surface area contributed by atoms with Gasteiger partial charge in [0.05, 0.1) is 25.0 Å². The molecule has 4 heterocycles. The third-order valence-corrected chi connectivity index (χ3v) is 5.19. The molecule has 2 aliphatic rings. The van der Waals surface area contributed by atoms with Gasteiger partial charge in [-0.3, -0.25) is 4.98 Å². The van der Waals surface area contributed by atoms with E-state index in [9.17, 15) is 0 Å². The fourth-order valence-corrected chi connectivity index (χ4v) is 3.97. The van der Waals surface area contributed by atoms with Gasteiger partial charge in [0.2, 0.25) is 5.95 Å². The molecule has 6 heteroatoms. The molecule has 2 aromatic rings. The first kappa shape index (κ1) is 16.4. The van der Waals surface area contributed by atoms with Gasteiger partial charge in [0.1, 0.15) is 0 Å². The molecular formula is C19H24N4O2. The Balaban J connectivity index is 1.46. The van der Waals surface area contributed by atoms with E-state index < -0.39 is 0 Å². The van der Waals surface area contributed by atoms with E-state index in [1.165, 1.54) is 0 Å². The second kappa shape index (κ2) is 7.45. The molecule has 0 aliphatic carbocycles. The molecule has 0 spiro atoms. The van der Waals surface area contributed by atoms with Crippen molar-refractivity contribution in [3.05, 3.63) is 48.5 Å². The van der Waals surface area contributed by atoms with Gasteiger partial charge in [-0.05, 0) is 37.5 Å². The lowest BCUT2D eigenvalue weighted by atomic mass is 9.73. The van der Waals surface area contributed by atoms with E-state index in [4.69, 9.17) is 9.47 Å². The van der Waals surface area contributed by atoms with Crippen LogP contribution in [0.1, 0.15) is 25.0 Å². The lowest BCUT2D eigenvalue weighted by Gasteiger charge is -2.50.